The summed E-state index contributed by atoms with van der Waals surface area (Å²) >= 11 is 0. The number of carbonyl (C=O) groups is 1. The molecule has 0 aliphatic carbocycles. The summed E-state index contributed by atoms with van der Waals surface area (Å²) in [4.78, 5) is 25.3. The number of hydrogen-bond donors (Lipinski definition) is 3. The van der Waals surface area contributed by atoms with Crippen molar-refractivity contribution >= 4 is 34.4 Å². The van der Waals surface area contributed by atoms with Gasteiger partial charge in [-0.05, 0) is 12.1 Å². The van der Waals surface area contributed by atoms with E-state index in [0.717, 1.165) is 10.3 Å². The summed E-state index contributed by atoms with van der Waals surface area (Å²) < 4.78 is 4.63. The molecule has 10 heteroatoms. The van der Waals surface area contributed by atoms with E-state index in [9.17, 15) is 4.79 Å². The number of carbonyl (C=O) groups excluding carboxylic acids is 1. The van der Waals surface area contributed by atoms with Crippen molar-refractivity contribution in [2.45, 2.75) is 0 Å². The monoisotopic (exact) mass is 314 g/mol. The Labute approximate surface area is 130 Å². The van der Waals surface area contributed by atoms with E-state index in [-0.39, 0.29) is 23.1 Å². The number of aromatic amines is 1. The Balaban J connectivity index is 2.11. The number of nitrogens with zero attached hydrogens (tertiary/aromatic N) is 5. The molecule has 10 nitrogen and oxygen atoms in total. The van der Waals surface area contributed by atoms with Crippen molar-refractivity contribution in [3.05, 3.63) is 18.3 Å². The third kappa shape index (κ3) is 2.35. The maximum Gasteiger partial charge on any atom is 0.413 e. The second kappa shape index (κ2) is 5.40. The van der Waals surface area contributed by atoms with Crippen LogP contribution in [0.1, 0.15) is 0 Å². The number of nitrogens with one attached hydrogen (secondary N) is 1. The Bertz CT molecular complexity index is 868. The predicted molar refractivity (Wildman–Crippen MR) is 84.5 cm³/mol. The summed E-state index contributed by atoms with van der Waals surface area (Å²) in [6.07, 6.45) is 1.00. The van der Waals surface area contributed by atoms with E-state index >= 15 is 0 Å². The van der Waals surface area contributed by atoms with Gasteiger partial charge in [0.1, 0.15) is 11.4 Å². The Kier molecular flexibility index (Phi) is 3.41. The highest BCUT2D eigenvalue weighted by molar-refractivity contribution is 5.95. The van der Waals surface area contributed by atoms with Gasteiger partial charge in [-0.15, -0.1) is 0 Å². The number of anilines is 3. The van der Waals surface area contributed by atoms with Gasteiger partial charge >= 0.3 is 6.09 Å². The van der Waals surface area contributed by atoms with E-state index in [0.29, 0.717) is 11.3 Å². The van der Waals surface area contributed by atoms with Gasteiger partial charge < -0.3 is 16.2 Å². The highest BCUT2D eigenvalue weighted by Gasteiger charge is 2.21. The van der Waals surface area contributed by atoms with Crippen molar-refractivity contribution in [2.75, 3.05) is 30.5 Å². The third-order valence-electron chi connectivity index (χ3n) is 3.28. The maximum absolute atomic E-state index is 11.6. The number of pyridine rings is 1. The highest BCUT2D eigenvalue weighted by atomic mass is 16.5. The van der Waals surface area contributed by atoms with Crippen molar-refractivity contribution in [1.82, 2.24) is 25.1 Å². The van der Waals surface area contributed by atoms with Crippen LogP contribution < -0.4 is 16.4 Å². The molecule has 0 fully saturated rings. The smallest absolute Gasteiger partial charge is 0.413 e. The number of ether oxygens (including phenoxy) is 1. The van der Waals surface area contributed by atoms with Gasteiger partial charge in [0.05, 0.1) is 7.11 Å². The number of nitrogens with two attached hydrogens (primary N) is 2. The van der Waals surface area contributed by atoms with E-state index in [1.54, 1.807) is 12.3 Å². The zero-order valence-electron chi connectivity index (χ0n) is 12.4. The Morgan fingerprint density at radius 1 is 1.30 bits per heavy atom. The summed E-state index contributed by atoms with van der Waals surface area (Å²) in [5.74, 6) is 0.358. The normalized spacial score (nSPS) is 10.7. The van der Waals surface area contributed by atoms with Gasteiger partial charge in [-0.3, -0.25) is 10.00 Å². The summed E-state index contributed by atoms with van der Waals surface area (Å²) in [5.41, 5.74) is 13.1. The molecule has 3 rings (SSSR count). The zero-order valence-corrected chi connectivity index (χ0v) is 12.4. The molecule has 5 N–H and O–H groups in total. The molecule has 3 aromatic heterocycles. The topological polar surface area (TPSA) is 149 Å². The molecular formula is C13H14N8O2. The average molecular weight is 314 g/mol. The van der Waals surface area contributed by atoms with E-state index in [1.165, 1.54) is 14.2 Å². The van der Waals surface area contributed by atoms with Crippen LogP contribution in [0.3, 0.4) is 0 Å². The molecule has 0 aliphatic rings. The zero-order chi connectivity index (χ0) is 16.6. The summed E-state index contributed by atoms with van der Waals surface area (Å²) in [5, 5.41) is 7.62. The number of rotatable bonds is 2. The standard InChI is InChI=1S/C13H14N8O2/c1-21(13(22)23-2)8-9(14)17-12(18-10(8)15)7-6-4-3-5-16-11(6)20-19-7/h3-5H,1-2H3,(H,16,19,20)(H4,14,15,17,18). The van der Waals surface area contributed by atoms with Crippen LogP contribution in [0, 0.1) is 0 Å². The van der Waals surface area contributed by atoms with Gasteiger partial charge in [-0.25, -0.2) is 19.7 Å². The first-order valence-corrected chi connectivity index (χ1v) is 6.57. The van der Waals surface area contributed by atoms with Crippen molar-refractivity contribution in [3.8, 4) is 11.5 Å². The van der Waals surface area contributed by atoms with Gasteiger partial charge in [0.15, 0.2) is 23.1 Å². The molecule has 3 heterocycles. The Morgan fingerprint density at radius 3 is 2.65 bits per heavy atom. The molecule has 0 unspecified atom stereocenters. The lowest BCUT2D eigenvalue weighted by molar-refractivity contribution is 0.180. The summed E-state index contributed by atoms with van der Waals surface area (Å²) in [6, 6.07) is 3.60. The second-order valence-electron chi connectivity index (χ2n) is 4.67. The minimum absolute atomic E-state index is 0.0482. The fourth-order valence-electron chi connectivity index (χ4n) is 2.19. The van der Waals surface area contributed by atoms with Crippen LogP contribution in [0.25, 0.3) is 22.6 Å². The number of amides is 1. The first kappa shape index (κ1) is 14.5. The van der Waals surface area contributed by atoms with Crippen LogP contribution >= 0.6 is 0 Å². The number of fused-ring (bicyclic) bond motifs is 1. The molecule has 0 radical (unpaired) electrons. The predicted octanol–water partition coefficient (Wildman–Crippen LogP) is 0.782. The van der Waals surface area contributed by atoms with Crippen molar-refractivity contribution in [3.63, 3.8) is 0 Å². The second-order valence-corrected chi connectivity index (χ2v) is 4.67. The van der Waals surface area contributed by atoms with Gasteiger partial charge in [-0.1, -0.05) is 0 Å². The van der Waals surface area contributed by atoms with Gasteiger partial charge in [0.25, 0.3) is 0 Å². The first-order valence-electron chi connectivity index (χ1n) is 6.57. The summed E-state index contributed by atoms with van der Waals surface area (Å²) in [6.45, 7) is 0. The molecule has 0 atom stereocenters. The highest BCUT2D eigenvalue weighted by Crippen LogP contribution is 2.31. The Morgan fingerprint density at radius 2 is 2.00 bits per heavy atom. The molecule has 0 aliphatic heterocycles. The molecule has 118 valence electrons. The molecular weight excluding hydrogens is 300 g/mol. The van der Waals surface area contributed by atoms with Crippen LogP contribution in [-0.2, 0) is 4.74 Å². The number of H-pyrrole nitrogens is 1. The lowest BCUT2D eigenvalue weighted by Crippen LogP contribution is -2.28. The van der Waals surface area contributed by atoms with Crippen molar-refractivity contribution in [2.24, 2.45) is 0 Å². The van der Waals surface area contributed by atoms with Crippen LogP contribution in [0.4, 0.5) is 22.1 Å². The number of aromatic nitrogens is 5. The van der Waals surface area contributed by atoms with Gasteiger partial charge in [-0.2, -0.15) is 5.10 Å². The van der Waals surface area contributed by atoms with E-state index in [1.807, 2.05) is 6.07 Å². The molecule has 0 saturated heterocycles. The SMILES string of the molecule is COC(=O)N(C)c1c(N)nc(-c2[nH]nc3ncccc23)nc1N. The Hall–Kier alpha value is -3.43. The minimum Gasteiger partial charge on any atom is -0.452 e. The number of nitrogen functional groups attached to an aromatic ring is 2. The lowest BCUT2D eigenvalue weighted by atomic mass is 10.2. The third-order valence-corrected chi connectivity index (χ3v) is 3.28. The molecule has 1 amide bonds. The fraction of sp³-hybridized carbons (Fsp3) is 0.154. The number of hydrogen-bond acceptors (Lipinski definition) is 8. The van der Waals surface area contributed by atoms with Gasteiger partial charge in [0.2, 0.25) is 0 Å². The maximum atomic E-state index is 11.6. The van der Waals surface area contributed by atoms with Crippen LogP contribution in [0.2, 0.25) is 0 Å². The fourth-order valence-corrected chi connectivity index (χ4v) is 2.19. The molecule has 23 heavy (non-hydrogen) atoms. The largest absolute Gasteiger partial charge is 0.452 e. The quantitative estimate of drug-likeness (QED) is 0.628. The summed E-state index contributed by atoms with van der Waals surface area (Å²) in [7, 11) is 2.72. The molecule has 0 saturated carbocycles. The first-order chi connectivity index (χ1) is 11.0. The van der Waals surface area contributed by atoms with E-state index < -0.39 is 6.09 Å². The molecule has 0 aromatic carbocycles. The van der Waals surface area contributed by atoms with E-state index in [2.05, 4.69) is 29.9 Å². The number of methoxy groups -OCH3 is 1. The van der Waals surface area contributed by atoms with Crippen LogP contribution in [-0.4, -0.2) is 45.4 Å². The molecule has 3 aromatic rings. The molecule has 0 spiro atoms. The molecule has 0 bridgehead atoms. The van der Waals surface area contributed by atoms with Crippen LogP contribution in [0.5, 0.6) is 0 Å². The van der Waals surface area contributed by atoms with Crippen LogP contribution in [0.15, 0.2) is 18.3 Å². The van der Waals surface area contributed by atoms with Crippen molar-refractivity contribution in [1.29, 1.82) is 0 Å². The average Bonchev–Trinajstić information content (AvgIpc) is 2.97. The van der Waals surface area contributed by atoms with E-state index in [4.69, 9.17) is 11.5 Å². The van der Waals surface area contributed by atoms with Gasteiger partial charge in [0, 0.05) is 18.6 Å². The van der Waals surface area contributed by atoms with Crippen molar-refractivity contribution < 1.29 is 9.53 Å². The lowest BCUT2D eigenvalue weighted by Gasteiger charge is -2.18. The minimum atomic E-state index is -0.629.